The molecule has 0 aliphatic rings. The Kier molecular flexibility index (Phi) is 6.78. The third-order valence-electron chi connectivity index (χ3n) is 3.76. The second kappa shape index (κ2) is 9.48. The monoisotopic (exact) mass is 404 g/mol. The maximum Gasteiger partial charge on any atom is 0.228 e. The number of nitrogens with one attached hydrogen (secondary N) is 2. The van der Waals surface area contributed by atoms with E-state index in [0.717, 1.165) is 17.0 Å². The number of halogens is 1. The van der Waals surface area contributed by atoms with Crippen molar-refractivity contribution >= 4 is 28.9 Å². The third-order valence-corrected chi connectivity index (χ3v) is 5.14. The number of aliphatic imine (C=N–C) groups is 1. The molecule has 0 fully saturated rings. The summed E-state index contributed by atoms with van der Waals surface area (Å²) in [7, 11) is 1.73. The predicted octanol–water partition coefficient (Wildman–Crippen LogP) is 3.32. The molecule has 142 valence electrons. The van der Waals surface area contributed by atoms with Gasteiger partial charge in [0.2, 0.25) is 11.7 Å². The number of guanidine groups is 1. The Balaban J connectivity index is 1.47. The maximum absolute atomic E-state index is 6.00. The number of benzene rings is 1. The van der Waals surface area contributed by atoms with Gasteiger partial charge in [0, 0.05) is 41.7 Å². The highest BCUT2D eigenvalue weighted by Crippen LogP contribution is 2.19. The zero-order chi connectivity index (χ0) is 19.1. The highest BCUT2D eigenvalue weighted by Gasteiger charge is 2.09. The average molecular weight is 405 g/mol. The summed E-state index contributed by atoms with van der Waals surface area (Å²) < 4.78 is 5.31. The van der Waals surface area contributed by atoms with Crippen LogP contribution in [0.15, 0.2) is 40.0 Å². The summed E-state index contributed by atoms with van der Waals surface area (Å²) in [5.74, 6) is 1.80. The fourth-order valence-corrected chi connectivity index (χ4v) is 3.35. The number of rotatable bonds is 7. The van der Waals surface area contributed by atoms with Gasteiger partial charge in [0.15, 0.2) is 5.96 Å². The molecule has 3 rings (SSSR count). The van der Waals surface area contributed by atoms with Crippen LogP contribution in [0, 0.1) is 0 Å². The van der Waals surface area contributed by atoms with Crippen LogP contribution in [-0.2, 0) is 19.4 Å². The molecule has 3 aromatic rings. The smallest absolute Gasteiger partial charge is 0.228 e. The van der Waals surface area contributed by atoms with E-state index in [1.807, 2.05) is 30.5 Å². The molecule has 0 aliphatic heterocycles. The van der Waals surface area contributed by atoms with E-state index in [9.17, 15) is 0 Å². The zero-order valence-electron chi connectivity index (χ0n) is 15.2. The Morgan fingerprint density at radius 1 is 1.33 bits per heavy atom. The number of thiazole rings is 1. The number of nitrogens with zero attached hydrogens (tertiary/aromatic N) is 4. The van der Waals surface area contributed by atoms with Gasteiger partial charge in [-0.1, -0.05) is 35.8 Å². The first-order valence-corrected chi connectivity index (χ1v) is 9.84. The van der Waals surface area contributed by atoms with E-state index in [4.69, 9.17) is 16.1 Å². The molecule has 0 spiro atoms. The van der Waals surface area contributed by atoms with Gasteiger partial charge in [0.25, 0.3) is 0 Å². The SMILES string of the molecule is CCc1cnc(CNC(=NC)NCCc2nc(-c3cccc(Cl)c3)no2)s1. The summed E-state index contributed by atoms with van der Waals surface area (Å²) in [4.78, 5) is 14.3. The first-order chi connectivity index (χ1) is 13.2. The normalized spacial score (nSPS) is 11.6. The standard InChI is InChI=1S/C18H21ClN6OS/c1-3-14-10-22-16(27-14)11-23-18(20-2)21-8-7-15-24-17(25-26-15)12-5-4-6-13(19)9-12/h4-6,9-10H,3,7-8,11H2,1-2H3,(H2,20,21,23). The van der Waals surface area contributed by atoms with E-state index < -0.39 is 0 Å². The topological polar surface area (TPSA) is 88.2 Å². The first-order valence-electron chi connectivity index (χ1n) is 8.64. The van der Waals surface area contributed by atoms with Crippen LogP contribution in [0.25, 0.3) is 11.4 Å². The van der Waals surface area contributed by atoms with Crippen molar-refractivity contribution in [1.29, 1.82) is 0 Å². The Morgan fingerprint density at radius 3 is 2.96 bits per heavy atom. The third kappa shape index (κ3) is 5.51. The van der Waals surface area contributed by atoms with Gasteiger partial charge >= 0.3 is 0 Å². The molecule has 0 radical (unpaired) electrons. The van der Waals surface area contributed by atoms with Crippen molar-refractivity contribution < 1.29 is 4.52 Å². The van der Waals surface area contributed by atoms with Crippen LogP contribution in [-0.4, -0.2) is 34.7 Å². The second-order valence-electron chi connectivity index (χ2n) is 5.70. The lowest BCUT2D eigenvalue weighted by atomic mass is 10.2. The minimum absolute atomic E-state index is 0.533. The van der Waals surface area contributed by atoms with E-state index in [2.05, 4.69) is 37.7 Å². The first kappa shape index (κ1) is 19.3. The molecular formula is C18H21ClN6OS. The van der Waals surface area contributed by atoms with Crippen LogP contribution in [0.2, 0.25) is 5.02 Å². The molecule has 9 heteroatoms. The van der Waals surface area contributed by atoms with E-state index in [1.54, 1.807) is 18.4 Å². The number of hydrogen-bond acceptors (Lipinski definition) is 6. The molecule has 0 bridgehead atoms. The van der Waals surface area contributed by atoms with Crippen molar-refractivity contribution in [1.82, 2.24) is 25.8 Å². The molecule has 0 amide bonds. The molecule has 1 aromatic carbocycles. The van der Waals surface area contributed by atoms with Gasteiger partial charge < -0.3 is 15.2 Å². The van der Waals surface area contributed by atoms with Crippen LogP contribution in [0.1, 0.15) is 22.7 Å². The van der Waals surface area contributed by atoms with Gasteiger partial charge in [-0.2, -0.15) is 4.98 Å². The van der Waals surface area contributed by atoms with Gasteiger partial charge in [0.1, 0.15) is 5.01 Å². The van der Waals surface area contributed by atoms with Crippen molar-refractivity contribution in [2.75, 3.05) is 13.6 Å². The zero-order valence-corrected chi connectivity index (χ0v) is 16.8. The molecule has 0 saturated carbocycles. The van der Waals surface area contributed by atoms with Gasteiger partial charge in [-0.15, -0.1) is 11.3 Å². The second-order valence-corrected chi connectivity index (χ2v) is 7.33. The fraction of sp³-hybridized carbons (Fsp3) is 0.333. The summed E-state index contributed by atoms with van der Waals surface area (Å²) in [6.45, 7) is 3.39. The molecule has 0 aliphatic carbocycles. The van der Waals surface area contributed by atoms with E-state index in [-0.39, 0.29) is 0 Å². The van der Waals surface area contributed by atoms with E-state index in [1.165, 1.54) is 4.88 Å². The maximum atomic E-state index is 6.00. The molecule has 0 unspecified atom stereocenters. The van der Waals surface area contributed by atoms with E-state index in [0.29, 0.717) is 42.2 Å². The van der Waals surface area contributed by atoms with Crippen molar-refractivity contribution in [3.63, 3.8) is 0 Å². The van der Waals surface area contributed by atoms with E-state index >= 15 is 0 Å². The van der Waals surface area contributed by atoms with Crippen molar-refractivity contribution in [2.24, 2.45) is 4.99 Å². The van der Waals surface area contributed by atoms with Crippen molar-refractivity contribution in [3.8, 4) is 11.4 Å². The number of aryl methyl sites for hydroxylation is 1. The molecule has 2 N–H and O–H groups in total. The molecule has 2 aromatic heterocycles. The van der Waals surface area contributed by atoms with Crippen LogP contribution in [0.4, 0.5) is 0 Å². The minimum atomic E-state index is 0.533. The molecule has 7 nitrogen and oxygen atoms in total. The quantitative estimate of drug-likeness (QED) is 0.464. The lowest BCUT2D eigenvalue weighted by Crippen LogP contribution is -2.37. The fourth-order valence-electron chi connectivity index (χ4n) is 2.36. The highest BCUT2D eigenvalue weighted by molar-refractivity contribution is 7.11. The molecule has 2 heterocycles. The van der Waals surface area contributed by atoms with Crippen LogP contribution in [0.5, 0.6) is 0 Å². The Hall–Kier alpha value is -2.45. The Morgan fingerprint density at radius 2 is 2.22 bits per heavy atom. The lowest BCUT2D eigenvalue weighted by Gasteiger charge is -2.09. The number of aromatic nitrogens is 3. The number of hydrogen-bond donors (Lipinski definition) is 2. The Bertz CT molecular complexity index is 907. The lowest BCUT2D eigenvalue weighted by molar-refractivity contribution is 0.378. The summed E-state index contributed by atoms with van der Waals surface area (Å²) in [6, 6.07) is 7.37. The molecule has 27 heavy (non-hydrogen) atoms. The minimum Gasteiger partial charge on any atom is -0.356 e. The van der Waals surface area contributed by atoms with Crippen molar-refractivity contribution in [3.05, 3.63) is 51.3 Å². The van der Waals surface area contributed by atoms with Crippen LogP contribution >= 0.6 is 22.9 Å². The molecular weight excluding hydrogens is 384 g/mol. The van der Waals surface area contributed by atoms with Gasteiger partial charge in [-0.25, -0.2) is 4.98 Å². The Labute approximate surface area is 166 Å². The van der Waals surface area contributed by atoms with Gasteiger partial charge in [-0.05, 0) is 18.6 Å². The summed E-state index contributed by atoms with van der Waals surface area (Å²) in [5.41, 5.74) is 0.831. The molecule has 0 saturated heterocycles. The average Bonchev–Trinajstić information content (AvgIpc) is 3.34. The summed E-state index contributed by atoms with van der Waals surface area (Å²) in [5, 5.41) is 12.2. The molecule has 0 atom stereocenters. The van der Waals surface area contributed by atoms with Gasteiger partial charge in [-0.3, -0.25) is 4.99 Å². The summed E-state index contributed by atoms with van der Waals surface area (Å²) in [6.07, 6.45) is 3.52. The van der Waals surface area contributed by atoms with Crippen LogP contribution < -0.4 is 10.6 Å². The highest BCUT2D eigenvalue weighted by atomic mass is 35.5. The van der Waals surface area contributed by atoms with Gasteiger partial charge in [0.05, 0.1) is 6.54 Å². The predicted molar refractivity (Wildman–Crippen MR) is 108 cm³/mol. The largest absolute Gasteiger partial charge is 0.356 e. The van der Waals surface area contributed by atoms with Crippen LogP contribution in [0.3, 0.4) is 0 Å². The van der Waals surface area contributed by atoms with Crippen molar-refractivity contribution in [2.45, 2.75) is 26.3 Å². The summed E-state index contributed by atoms with van der Waals surface area (Å²) >= 11 is 7.71.